The molecule has 1 fully saturated rings. The summed E-state index contributed by atoms with van der Waals surface area (Å²) < 4.78 is 23.4. The van der Waals surface area contributed by atoms with Gasteiger partial charge in [-0.05, 0) is 24.6 Å². The predicted molar refractivity (Wildman–Crippen MR) is 78.6 cm³/mol. The smallest absolute Gasteiger partial charge is 0.155 e. The maximum absolute atomic E-state index is 11.7. The summed E-state index contributed by atoms with van der Waals surface area (Å²) in [7, 11) is -3.13. The average Bonchev–Trinajstić information content (AvgIpc) is 2.88. The molecule has 1 aromatic rings. The van der Waals surface area contributed by atoms with Crippen molar-refractivity contribution < 1.29 is 13.5 Å². The largest absolute Gasteiger partial charge is 0.390 e. The van der Waals surface area contributed by atoms with E-state index in [1.165, 1.54) is 5.56 Å². The third-order valence-electron chi connectivity index (χ3n) is 4.31. The highest BCUT2D eigenvalue weighted by Gasteiger charge is 2.43. The Labute approximate surface area is 119 Å². The van der Waals surface area contributed by atoms with E-state index >= 15 is 0 Å². The summed E-state index contributed by atoms with van der Waals surface area (Å²) in [4.78, 5) is 2.06. The number of sulfone groups is 1. The van der Waals surface area contributed by atoms with Crippen molar-refractivity contribution in [3.8, 4) is 0 Å². The molecule has 3 rings (SSSR count). The van der Waals surface area contributed by atoms with Crippen molar-refractivity contribution in [1.82, 2.24) is 0 Å². The van der Waals surface area contributed by atoms with Gasteiger partial charge < -0.3 is 15.7 Å². The number of para-hydroxylation sites is 1. The van der Waals surface area contributed by atoms with Crippen LogP contribution in [0.25, 0.3) is 0 Å². The second kappa shape index (κ2) is 5.02. The molecule has 1 aromatic carbocycles. The van der Waals surface area contributed by atoms with Crippen molar-refractivity contribution in [3.05, 3.63) is 29.8 Å². The molecule has 0 radical (unpaired) electrons. The molecule has 0 aromatic heterocycles. The number of benzene rings is 1. The van der Waals surface area contributed by atoms with Crippen LogP contribution in [-0.4, -0.2) is 50.3 Å². The zero-order valence-electron chi connectivity index (χ0n) is 11.3. The van der Waals surface area contributed by atoms with Gasteiger partial charge >= 0.3 is 0 Å². The number of fused-ring (bicyclic) bond motifs is 1. The fraction of sp³-hybridized carbons (Fsp3) is 0.571. The van der Waals surface area contributed by atoms with Gasteiger partial charge in [-0.3, -0.25) is 0 Å². The molecular weight excluding hydrogens is 276 g/mol. The first-order chi connectivity index (χ1) is 9.52. The summed E-state index contributed by atoms with van der Waals surface area (Å²) in [5.41, 5.74) is 7.94. The molecule has 3 atom stereocenters. The molecule has 0 spiro atoms. The number of aliphatic hydroxyl groups is 1. The number of hydrogen-bond acceptors (Lipinski definition) is 5. The first-order valence-electron chi connectivity index (χ1n) is 6.96. The summed E-state index contributed by atoms with van der Waals surface area (Å²) in [6, 6.07) is 7.69. The summed E-state index contributed by atoms with van der Waals surface area (Å²) in [6.45, 7) is 1.35. The minimum absolute atomic E-state index is 0.0395. The van der Waals surface area contributed by atoms with E-state index in [1.54, 1.807) is 0 Å². The van der Waals surface area contributed by atoms with Crippen molar-refractivity contribution in [1.29, 1.82) is 0 Å². The highest BCUT2D eigenvalue weighted by atomic mass is 32.2. The Morgan fingerprint density at radius 1 is 1.30 bits per heavy atom. The number of nitrogens with zero attached hydrogens (tertiary/aromatic N) is 1. The van der Waals surface area contributed by atoms with Gasteiger partial charge in [0.2, 0.25) is 0 Å². The highest BCUT2D eigenvalue weighted by Crippen LogP contribution is 2.40. The van der Waals surface area contributed by atoms with Crippen LogP contribution in [0.3, 0.4) is 0 Å². The van der Waals surface area contributed by atoms with Crippen LogP contribution in [0.5, 0.6) is 0 Å². The molecule has 0 saturated carbocycles. The van der Waals surface area contributed by atoms with E-state index in [-0.39, 0.29) is 17.5 Å². The molecular formula is C14H20N2O3S. The van der Waals surface area contributed by atoms with Crippen molar-refractivity contribution in [3.63, 3.8) is 0 Å². The molecule has 2 aliphatic rings. The third kappa shape index (κ3) is 2.32. The highest BCUT2D eigenvalue weighted by molar-refractivity contribution is 7.91. The Morgan fingerprint density at radius 2 is 2.05 bits per heavy atom. The Balaban J connectivity index is 1.92. The Hall–Kier alpha value is -1.11. The lowest BCUT2D eigenvalue weighted by atomic mass is 9.98. The van der Waals surface area contributed by atoms with E-state index in [9.17, 15) is 13.5 Å². The topological polar surface area (TPSA) is 83.6 Å². The van der Waals surface area contributed by atoms with Crippen LogP contribution in [-0.2, 0) is 9.84 Å². The Bertz CT molecular complexity index is 602. The van der Waals surface area contributed by atoms with Crippen LogP contribution in [0.15, 0.2) is 24.3 Å². The summed E-state index contributed by atoms with van der Waals surface area (Å²) in [5, 5.41) is 10.1. The molecule has 1 saturated heterocycles. The Kier molecular flexibility index (Phi) is 3.48. The average molecular weight is 296 g/mol. The lowest BCUT2D eigenvalue weighted by Gasteiger charge is -2.28. The second-order valence-electron chi connectivity index (χ2n) is 5.70. The maximum atomic E-state index is 11.7. The lowest BCUT2D eigenvalue weighted by Crippen LogP contribution is -2.42. The summed E-state index contributed by atoms with van der Waals surface area (Å²) in [6.07, 6.45) is 0.0768. The van der Waals surface area contributed by atoms with Crippen molar-refractivity contribution in [2.45, 2.75) is 24.5 Å². The van der Waals surface area contributed by atoms with Crippen LogP contribution >= 0.6 is 0 Å². The van der Waals surface area contributed by atoms with Crippen LogP contribution < -0.4 is 10.6 Å². The standard InChI is InChI=1S/C14H20N2O3S/c15-6-5-10-7-16(12-4-2-1-3-11(10)12)13-8-20(18,19)9-14(13)17/h1-4,10,13-14,17H,5-9,15H2. The normalized spacial score (nSPS) is 31.5. The van der Waals surface area contributed by atoms with Crippen molar-refractivity contribution in [2.75, 3.05) is 29.5 Å². The van der Waals surface area contributed by atoms with Gasteiger partial charge in [0.1, 0.15) is 0 Å². The lowest BCUT2D eigenvalue weighted by molar-refractivity contribution is 0.178. The maximum Gasteiger partial charge on any atom is 0.155 e. The van der Waals surface area contributed by atoms with Crippen LogP contribution in [0.1, 0.15) is 17.9 Å². The number of rotatable bonds is 3. The van der Waals surface area contributed by atoms with E-state index in [0.717, 1.165) is 18.7 Å². The van der Waals surface area contributed by atoms with Crippen LogP contribution in [0, 0.1) is 0 Å². The number of nitrogens with two attached hydrogens (primary N) is 1. The predicted octanol–water partition coefficient (Wildman–Crippen LogP) is 0.0969. The summed E-state index contributed by atoms with van der Waals surface area (Å²) >= 11 is 0. The fourth-order valence-electron chi connectivity index (χ4n) is 3.40. The van der Waals surface area contributed by atoms with Crippen LogP contribution in [0.4, 0.5) is 5.69 Å². The molecule has 5 nitrogen and oxygen atoms in total. The van der Waals surface area contributed by atoms with Gasteiger partial charge in [0.25, 0.3) is 0 Å². The zero-order chi connectivity index (χ0) is 14.3. The molecule has 110 valence electrons. The number of aliphatic hydroxyl groups excluding tert-OH is 1. The van der Waals surface area contributed by atoms with Gasteiger partial charge in [-0.25, -0.2) is 8.42 Å². The van der Waals surface area contributed by atoms with Gasteiger partial charge in [0.05, 0.1) is 23.7 Å². The molecule has 6 heteroatoms. The van der Waals surface area contributed by atoms with Gasteiger partial charge in [-0.2, -0.15) is 0 Å². The second-order valence-corrected chi connectivity index (χ2v) is 7.85. The molecule has 2 heterocycles. The van der Waals surface area contributed by atoms with E-state index in [2.05, 4.69) is 11.0 Å². The summed E-state index contributed by atoms with van der Waals surface area (Å²) in [5.74, 6) is 0.238. The van der Waals surface area contributed by atoms with E-state index < -0.39 is 15.9 Å². The van der Waals surface area contributed by atoms with E-state index in [1.807, 2.05) is 18.2 Å². The number of hydrogen-bond donors (Lipinski definition) is 2. The first-order valence-corrected chi connectivity index (χ1v) is 8.78. The van der Waals surface area contributed by atoms with Gasteiger partial charge in [0.15, 0.2) is 9.84 Å². The molecule has 3 N–H and O–H groups in total. The molecule has 3 unspecified atom stereocenters. The van der Waals surface area contributed by atoms with Gasteiger partial charge in [0, 0.05) is 18.2 Å². The molecule has 0 amide bonds. The van der Waals surface area contributed by atoms with Crippen LogP contribution in [0.2, 0.25) is 0 Å². The minimum atomic E-state index is -3.13. The monoisotopic (exact) mass is 296 g/mol. The van der Waals surface area contributed by atoms with E-state index in [4.69, 9.17) is 5.73 Å². The van der Waals surface area contributed by atoms with Gasteiger partial charge in [-0.1, -0.05) is 18.2 Å². The van der Waals surface area contributed by atoms with E-state index in [0.29, 0.717) is 12.5 Å². The Morgan fingerprint density at radius 3 is 2.70 bits per heavy atom. The SMILES string of the molecule is NCCC1CN(C2CS(=O)(=O)CC2O)c2ccccc21. The van der Waals surface area contributed by atoms with Crippen molar-refractivity contribution >= 4 is 15.5 Å². The molecule has 0 bridgehead atoms. The third-order valence-corrected chi connectivity index (χ3v) is 6.01. The molecule has 0 aliphatic carbocycles. The number of anilines is 1. The zero-order valence-corrected chi connectivity index (χ0v) is 12.1. The first kappa shape index (κ1) is 13.9. The molecule has 2 aliphatic heterocycles. The minimum Gasteiger partial charge on any atom is -0.390 e. The van der Waals surface area contributed by atoms with Gasteiger partial charge in [-0.15, -0.1) is 0 Å². The van der Waals surface area contributed by atoms with Crippen molar-refractivity contribution in [2.24, 2.45) is 5.73 Å². The molecule has 20 heavy (non-hydrogen) atoms. The fourth-order valence-corrected chi connectivity index (χ4v) is 5.20. The quantitative estimate of drug-likeness (QED) is 0.826.